The van der Waals surface area contributed by atoms with Gasteiger partial charge in [-0.15, -0.1) is 0 Å². The molecule has 5 nitrogen and oxygen atoms in total. The zero-order chi connectivity index (χ0) is 12.4. The summed E-state index contributed by atoms with van der Waals surface area (Å²) in [4.78, 5) is 18.6. The molecule has 1 N–H and O–H groups in total. The standard InChI is InChI=1S/C13H20N4O/c18-13(16-7-5-14-6-8-16)9-17-10-15-11-3-1-2-4-12(11)17/h10,14H,1-9H2. The lowest BCUT2D eigenvalue weighted by molar-refractivity contribution is -0.132. The molecule has 18 heavy (non-hydrogen) atoms. The van der Waals surface area contributed by atoms with Crippen LogP contribution in [0.2, 0.25) is 0 Å². The average molecular weight is 248 g/mol. The minimum Gasteiger partial charge on any atom is -0.339 e. The Hall–Kier alpha value is -1.36. The topological polar surface area (TPSA) is 50.2 Å². The molecule has 1 aliphatic carbocycles. The second kappa shape index (κ2) is 5.10. The van der Waals surface area contributed by atoms with Crippen molar-refractivity contribution >= 4 is 5.91 Å². The minimum absolute atomic E-state index is 0.224. The molecule has 1 fully saturated rings. The van der Waals surface area contributed by atoms with E-state index in [0.29, 0.717) is 6.54 Å². The molecule has 0 unspecified atom stereocenters. The monoisotopic (exact) mass is 248 g/mol. The Labute approximate surface area is 107 Å². The van der Waals surface area contributed by atoms with Crippen LogP contribution in [0.4, 0.5) is 0 Å². The minimum atomic E-state index is 0.224. The molecule has 1 aromatic rings. The summed E-state index contributed by atoms with van der Waals surface area (Å²) >= 11 is 0. The second-order valence-corrected chi connectivity index (χ2v) is 5.10. The van der Waals surface area contributed by atoms with E-state index in [4.69, 9.17) is 0 Å². The number of rotatable bonds is 2. The van der Waals surface area contributed by atoms with Crippen LogP contribution in [-0.2, 0) is 24.2 Å². The first-order valence-electron chi connectivity index (χ1n) is 6.86. The number of imidazole rings is 1. The lowest BCUT2D eigenvalue weighted by atomic mass is 10.0. The molecule has 0 saturated carbocycles. The van der Waals surface area contributed by atoms with Crippen molar-refractivity contribution in [3.8, 4) is 0 Å². The normalized spacial score (nSPS) is 19.7. The van der Waals surface area contributed by atoms with Crippen LogP contribution in [0.3, 0.4) is 0 Å². The quantitative estimate of drug-likeness (QED) is 0.813. The predicted octanol–water partition coefficient (Wildman–Crippen LogP) is 0.194. The number of aryl methyl sites for hydroxylation is 1. The number of piperazine rings is 1. The molecule has 1 aromatic heterocycles. The number of aromatic nitrogens is 2. The summed E-state index contributed by atoms with van der Waals surface area (Å²) in [6, 6.07) is 0. The van der Waals surface area contributed by atoms with Gasteiger partial charge in [-0.25, -0.2) is 4.98 Å². The molecule has 3 rings (SSSR count). The zero-order valence-electron chi connectivity index (χ0n) is 10.7. The van der Waals surface area contributed by atoms with Crippen molar-refractivity contribution in [2.75, 3.05) is 26.2 Å². The summed E-state index contributed by atoms with van der Waals surface area (Å²) in [5, 5.41) is 3.27. The maximum Gasteiger partial charge on any atom is 0.242 e. The number of fused-ring (bicyclic) bond motifs is 1. The highest BCUT2D eigenvalue weighted by molar-refractivity contribution is 5.76. The highest BCUT2D eigenvalue weighted by Crippen LogP contribution is 2.19. The maximum absolute atomic E-state index is 12.2. The Balaban J connectivity index is 1.68. The highest BCUT2D eigenvalue weighted by atomic mass is 16.2. The summed E-state index contributed by atoms with van der Waals surface area (Å²) in [5.74, 6) is 0.224. The van der Waals surface area contributed by atoms with Crippen molar-refractivity contribution in [3.63, 3.8) is 0 Å². The fourth-order valence-electron chi connectivity index (χ4n) is 2.83. The number of nitrogens with one attached hydrogen (secondary N) is 1. The van der Waals surface area contributed by atoms with Crippen molar-refractivity contribution in [2.45, 2.75) is 32.2 Å². The number of carbonyl (C=O) groups is 1. The third-order valence-electron chi connectivity index (χ3n) is 3.89. The van der Waals surface area contributed by atoms with E-state index in [1.54, 1.807) is 0 Å². The van der Waals surface area contributed by atoms with Gasteiger partial charge in [0, 0.05) is 31.9 Å². The van der Waals surface area contributed by atoms with Gasteiger partial charge < -0.3 is 14.8 Å². The van der Waals surface area contributed by atoms with E-state index in [-0.39, 0.29) is 5.91 Å². The van der Waals surface area contributed by atoms with Gasteiger partial charge in [-0.1, -0.05) is 0 Å². The van der Waals surface area contributed by atoms with Crippen LogP contribution in [0, 0.1) is 0 Å². The van der Waals surface area contributed by atoms with Gasteiger partial charge in [0.15, 0.2) is 0 Å². The van der Waals surface area contributed by atoms with Gasteiger partial charge in [0.25, 0.3) is 0 Å². The fourth-order valence-corrected chi connectivity index (χ4v) is 2.83. The fraction of sp³-hybridized carbons (Fsp3) is 0.692. The van der Waals surface area contributed by atoms with E-state index in [2.05, 4.69) is 14.9 Å². The second-order valence-electron chi connectivity index (χ2n) is 5.10. The van der Waals surface area contributed by atoms with Crippen molar-refractivity contribution in [3.05, 3.63) is 17.7 Å². The van der Waals surface area contributed by atoms with E-state index < -0.39 is 0 Å². The van der Waals surface area contributed by atoms with E-state index in [1.807, 2.05) is 11.2 Å². The first kappa shape index (κ1) is 11.7. The van der Waals surface area contributed by atoms with E-state index in [1.165, 1.54) is 24.2 Å². The van der Waals surface area contributed by atoms with Crippen LogP contribution in [0.15, 0.2) is 6.33 Å². The molecule has 1 aliphatic heterocycles. The van der Waals surface area contributed by atoms with Gasteiger partial charge in [0.2, 0.25) is 5.91 Å². The van der Waals surface area contributed by atoms with Crippen LogP contribution >= 0.6 is 0 Å². The summed E-state index contributed by atoms with van der Waals surface area (Å²) in [6.45, 7) is 3.94. The third-order valence-corrected chi connectivity index (χ3v) is 3.89. The maximum atomic E-state index is 12.2. The van der Waals surface area contributed by atoms with Crippen LogP contribution in [0.25, 0.3) is 0 Å². The van der Waals surface area contributed by atoms with E-state index >= 15 is 0 Å². The molecule has 1 amide bonds. The smallest absolute Gasteiger partial charge is 0.242 e. The molecule has 0 spiro atoms. The lowest BCUT2D eigenvalue weighted by Crippen LogP contribution is -2.47. The van der Waals surface area contributed by atoms with E-state index in [0.717, 1.165) is 39.0 Å². The Bertz CT molecular complexity index is 434. The first-order chi connectivity index (χ1) is 8.84. The van der Waals surface area contributed by atoms with Crippen molar-refractivity contribution in [1.82, 2.24) is 19.8 Å². The largest absolute Gasteiger partial charge is 0.339 e. The predicted molar refractivity (Wildman–Crippen MR) is 68.3 cm³/mol. The van der Waals surface area contributed by atoms with Gasteiger partial charge >= 0.3 is 0 Å². The molecule has 5 heteroatoms. The Kier molecular flexibility index (Phi) is 3.32. The molecular formula is C13H20N4O. The molecule has 0 radical (unpaired) electrons. The third kappa shape index (κ3) is 2.27. The Morgan fingerprint density at radius 2 is 2.06 bits per heavy atom. The molecule has 98 valence electrons. The van der Waals surface area contributed by atoms with Gasteiger partial charge in [-0.05, 0) is 25.7 Å². The number of hydrogen-bond acceptors (Lipinski definition) is 3. The van der Waals surface area contributed by atoms with Crippen molar-refractivity contribution < 1.29 is 4.79 Å². The molecule has 0 atom stereocenters. The molecule has 2 aliphatic rings. The highest BCUT2D eigenvalue weighted by Gasteiger charge is 2.20. The number of carbonyl (C=O) groups excluding carboxylic acids is 1. The molecular weight excluding hydrogens is 228 g/mol. The molecule has 0 aromatic carbocycles. The first-order valence-corrected chi connectivity index (χ1v) is 6.86. The molecule has 0 bridgehead atoms. The van der Waals surface area contributed by atoms with Crippen LogP contribution in [0.5, 0.6) is 0 Å². The van der Waals surface area contributed by atoms with Crippen LogP contribution in [-0.4, -0.2) is 46.5 Å². The van der Waals surface area contributed by atoms with Gasteiger partial charge in [-0.2, -0.15) is 0 Å². The average Bonchev–Trinajstić information content (AvgIpc) is 2.83. The Morgan fingerprint density at radius 1 is 1.28 bits per heavy atom. The van der Waals surface area contributed by atoms with Crippen LogP contribution < -0.4 is 5.32 Å². The van der Waals surface area contributed by atoms with Gasteiger partial charge in [0.05, 0.1) is 12.0 Å². The summed E-state index contributed by atoms with van der Waals surface area (Å²) in [5.41, 5.74) is 2.49. The number of amides is 1. The SMILES string of the molecule is O=C(Cn1cnc2c1CCCC2)N1CCNCC1. The lowest BCUT2D eigenvalue weighted by Gasteiger charge is -2.28. The summed E-state index contributed by atoms with van der Waals surface area (Å²) in [6.07, 6.45) is 6.45. The summed E-state index contributed by atoms with van der Waals surface area (Å²) in [7, 11) is 0. The molecule has 1 saturated heterocycles. The molecule has 2 heterocycles. The Morgan fingerprint density at radius 3 is 2.89 bits per heavy atom. The number of nitrogens with zero attached hydrogens (tertiary/aromatic N) is 3. The zero-order valence-corrected chi connectivity index (χ0v) is 10.7. The van der Waals surface area contributed by atoms with Gasteiger partial charge in [0.1, 0.15) is 6.54 Å². The van der Waals surface area contributed by atoms with Crippen LogP contribution in [0.1, 0.15) is 24.2 Å². The van der Waals surface area contributed by atoms with Crippen molar-refractivity contribution in [1.29, 1.82) is 0 Å². The number of hydrogen-bond donors (Lipinski definition) is 1. The van der Waals surface area contributed by atoms with Crippen molar-refractivity contribution in [2.24, 2.45) is 0 Å². The summed E-state index contributed by atoms with van der Waals surface area (Å²) < 4.78 is 2.05. The van der Waals surface area contributed by atoms with E-state index in [9.17, 15) is 4.79 Å². The van der Waals surface area contributed by atoms with Gasteiger partial charge in [-0.3, -0.25) is 4.79 Å².